The maximum atomic E-state index is 13.3. The zero-order chi connectivity index (χ0) is 21.3. The first-order valence-corrected chi connectivity index (χ1v) is 9.83. The first kappa shape index (κ1) is 19.8. The second-order valence-corrected chi connectivity index (χ2v) is 7.49. The second-order valence-electron chi connectivity index (χ2n) is 6.24. The van der Waals surface area contributed by atoms with Crippen LogP contribution in [0, 0.1) is 13.7 Å². The highest BCUT2D eigenvalue weighted by Crippen LogP contribution is 2.21. The van der Waals surface area contributed by atoms with Crippen molar-refractivity contribution in [3.63, 3.8) is 0 Å². The van der Waals surface area contributed by atoms with Crippen molar-refractivity contribution in [2.24, 2.45) is 0 Å². The fraction of sp³-hybridized carbons (Fsp3) is 0.0476. The molecule has 0 aliphatic rings. The summed E-state index contributed by atoms with van der Waals surface area (Å²) in [4.78, 5) is 28.2. The number of methoxy groups -OCH3 is 1. The Balaban J connectivity index is 1.92. The Morgan fingerprint density at radius 2 is 2.00 bits per heavy atom. The van der Waals surface area contributed by atoms with Crippen molar-refractivity contribution in [2.45, 2.75) is 0 Å². The van der Waals surface area contributed by atoms with E-state index in [2.05, 4.69) is 27.6 Å². The highest BCUT2D eigenvalue weighted by Gasteiger charge is 2.14. The molecule has 0 spiro atoms. The van der Waals surface area contributed by atoms with Crippen LogP contribution in [-0.2, 0) is 0 Å². The predicted molar refractivity (Wildman–Crippen MR) is 121 cm³/mol. The predicted octanol–water partition coefficient (Wildman–Crippen LogP) is 4.67. The minimum atomic E-state index is -0.612. The van der Waals surface area contributed by atoms with Crippen LogP contribution >= 0.6 is 22.6 Å². The number of hydrogen-bond donors (Lipinski definition) is 0. The third kappa shape index (κ3) is 3.83. The standard InChI is InChI=1S/C21H14IN3O5/c1-29-16-4-2-3-14(12-16)24-19(9-6-15-7-10-20(30-15)25(27)28)23-18-8-5-13(22)11-17(18)21(24)26/h2-12H,1H3. The molecule has 30 heavy (non-hydrogen) atoms. The Hall–Kier alpha value is -3.47. The van der Waals surface area contributed by atoms with E-state index in [0.717, 1.165) is 3.57 Å². The van der Waals surface area contributed by atoms with Crippen molar-refractivity contribution in [3.8, 4) is 11.4 Å². The molecule has 2 aromatic carbocycles. The first-order chi connectivity index (χ1) is 14.5. The van der Waals surface area contributed by atoms with Crippen LogP contribution in [-0.4, -0.2) is 21.6 Å². The Morgan fingerprint density at radius 1 is 1.17 bits per heavy atom. The van der Waals surface area contributed by atoms with E-state index in [-0.39, 0.29) is 17.2 Å². The number of rotatable bonds is 5. The van der Waals surface area contributed by atoms with Crippen LogP contribution < -0.4 is 10.3 Å². The molecule has 0 saturated carbocycles. The van der Waals surface area contributed by atoms with E-state index < -0.39 is 4.92 Å². The lowest BCUT2D eigenvalue weighted by molar-refractivity contribution is -0.402. The minimum Gasteiger partial charge on any atom is -0.497 e. The van der Waals surface area contributed by atoms with Crippen LogP contribution in [0.1, 0.15) is 11.6 Å². The summed E-state index contributed by atoms with van der Waals surface area (Å²) in [5.41, 5.74) is 0.888. The van der Waals surface area contributed by atoms with Crippen molar-refractivity contribution in [1.29, 1.82) is 0 Å². The smallest absolute Gasteiger partial charge is 0.433 e. The van der Waals surface area contributed by atoms with Gasteiger partial charge in [-0.05, 0) is 71.1 Å². The largest absolute Gasteiger partial charge is 0.497 e. The lowest BCUT2D eigenvalue weighted by atomic mass is 10.2. The van der Waals surface area contributed by atoms with Crippen LogP contribution in [0.25, 0.3) is 28.7 Å². The number of aromatic nitrogens is 2. The molecule has 0 radical (unpaired) electrons. The van der Waals surface area contributed by atoms with Gasteiger partial charge < -0.3 is 9.15 Å². The fourth-order valence-corrected chi connectivity index (χ4v) is 3.46. The molecule has 0 amide bonds. The molecule has 0 atom stereocenters. The fourth-order valence-electron chi connectivity index (χ4n) is 2.97. The molecule has 150 valence electrons. The van der Waals surface area contributed by atoms with Crippen LogP contribution in [0.2, 0.25) is 0 Å². The van der Waals surface area contributed by atoms with Gasteiger partial charge in [-0.3, -0.25) is 19.5 Å². The second kappa shape index (κ2) is 8.11. The molecule has 0 unspecified atom stereocenters. The summed E-state index contributed by atoms with van der Waals surface area (Å²) in [6.45, 7) is 0. The highest BCUT2D eigenvalue weighted by atomic mass is 127. The zero-order valence-electron chi connectivity index (χ0n) is 15.6. The van der Waals surface area contributed by atoms with E-state index in [1.165, 1.54) is 22.8 Å². The number of ether oxygens (including phenoxy) is 1. The molecule has 0 bridgehead atoms. The number of nitrogens with zero attached hydrogens (tertiary/aromatic N) is 3. The minimum absolute atomic E-state index is 0.239. The van der Waals surface area contributed by atoms with Gasteiger partial charge in [0.25, 0.3) is 5.56 Å². The number of benzene rings is 2. The summed E-state index contributed by atoms with van der Waals surface area (Å²) in [6, 6.07) is 15.3. The summed E-state index contributed by atoms with van der Waals surface area (Å²) < 4.78 is 12.8. The highest BCUT2D eigenvalue weighted by molar-refractivity contribution is 14.1. The van der Waals surface area contributed by atoms with E-state index in [0.29, 0.717) is 28.2 Å². The number of halogens is 1. The average molecular weight is 515 g/mol. The van der Waals surface area contributed by atoms with Gasteiger partial charge in [-0.2, -0.15) is 0 Å². The van der Waals surface area contributed by atoms with Gasteiger partial charge in [0.05, 0.1) is 29.8 Å². The van der Waals surface area contributed by atoms with Gasteiger partial charge in [-0.1, -0.05) is 6.07 Å². The van der Waals surface area contributed by atoms with Gasteiger partial charge in [0.2, 0.25) is 0 Å². The molecule has 0 N–H and O–H groups in total. The van der Waals surface area contributed by atoms with Crippen molar-refractivity contribution in [1.82, 2.24) is 9.55 Å². The van der Waals surface area contributed by atoms with Crippen LogP contribution in [0.3, 0.4) is 0 Å². The molecule has 0 aliphatic heterocycles. The number of furan rings is 1. The van der Waals surface area contributed by atoms with Crippen LogP contribution in [0.4, 0.5) is 5.88 Å². The van der Waals surface area contributed by atoms with E-state index >= 15 is 0 Å². The van der Waals surface area contributed by atoms with E-state index in [4.69, 9.17) is 9.15 Å². The topological polar surface area (TPSA) is 100 Å². The first-order valence-electron chi connectivity index (χ1n) is 8.75. The van der Waals surface area contributed by atoms with Gasteiger partial charge in [0.1, 0.15) is 22.3 Å². The van der Waals surface area contributed by atoms with Gasteiger partial charge in [-0.25, -0.2) is 4.98 Å². The summed E-state index contributed by atoms with van der Waals surface area (Å²) in [7, 11) is 1.55. The Morgan fingerprint density at radius 3 is 2.73 bits per heavy atom. The van der Waals surface area contributed by atoms with Crippen molar-refractivity contribution >= 4 is 51.5 Å². The van der Waals surface area contributed by atoms with Crippen molar-refractivity contribution < 1.29 is 14.1 Å². The van der Waals surface area contributed by atoms with Crippen LogP contribution in [0.15, 0.2) is 63.8 Å². The van der Waals surface area contributed by atoms with Gasteiger partial charge >= 0.3 is 5.88 Å². The molecule has 4 rings (SSSR count). The Labute approximate surface area is 183 Å². The molecule has 9 heteroatoms. The molecule has 2 aromatic heterocycles. The number of hydrogen-bond acceptors (Lipinski definition) is 6. The molecule has 0 aliphatic carbocycles. The quantitative estimate of drug-likeness (QED) is 0.218. The number of fused-ring (bicyclic) bond motifs is 1. The summed E-state index contributed by atoms with van der Waals surface area (Å²) in [5, 5.41) is 11.3. The van der Waals surface area contributed by atoms with E-state index in [9.17, 15) is 14.9 Å². The zero-order valence-corrected chi connectivity index (χ0v) is 17.8. The van der Waals surface area contributed by atoms with Gasteiger partial charge in [0.15, 0.2) is 0 Å². The van der Waals surface area contributed by atoms with Crippen LogP contribution in [0.5, 0.6) is 5.75 Å². The van der Waals surface area contributed by atoms with Crippen molar-refractivity contribution in [3.05, 3.63) is 90.2 Å². The SMILES string of the molecule is COc1cccc(-n2c(C=Cc3ccc([N+](=O)[O-])o3)nc3ccc(I)cc3c2=O)c1. The monoisotopic (exact) mass is 515 g/mol. The molecule has 2 heterocycles. The number of nitro groups is 1. The molecular formula is C21H14IN3O5. The van der Waals surface area contributed by atoms with E-state index in [1.807, 2.05) is 6.07 Å². The summed E-state index contributed by atoms with van der Waals surface area (Å²) in [5.74, 6) is 0.858. The van der Waals surface area contributed by atoms with Gasteiger partial charge in [0, 0.05) is 9.64 Å². The lowest BCUT2D eigenvalue weighted by Gasteiger charge is -2.12. The average Bonchev–Trinajstić information content (AvgIpc) is 3.22. The third-order valence-electron chi connectivity index (χ3n) is 4.36. The van der Waals surface area contributed by atoms with Gasteiger partial charge in [-0.15, -0.1) is 0 Å². The Kier molecular flexibility index (Phi) is 5.36. The molecule has 8 nitrogen and oxygen atoms in total. The molecule has 4 aromatic rings. The summed E-state index contributed by atoms with van der Waals surface area (Å²) in [6.07, 6.45) is 3.12. The molecule has 0 saturated heterocycles. The summed E-state index contributed by atoms with van der Waals surface area (Å²) >= 11 is 2.15. The normalized spacial score (nSPS) is 11.3. The molecule has 0 fully saturated rings. The van der Waals surface area contributed by atoms with E-state index in [1.54, 1.807) is 49.6 Å². The lowest BCUT2D eigenvalue weighted by Crippen LogP contribution is -2.22. The van der Waals surface area contributed by atoms with Crippen molar-refractivity contribution in [2.75, 3.05) is 7.11 Å². The maximum absolute atomic E-state index is 13.3. The Bertz CT molecular complexity index is 1360. The maximum Gasteiger partial charge on any atom is 0.433 e. The third-order valence-corrected chi connectivity index (χ3v) is 5.03. The molecular weight excluding hydrogens is 501 g/mol.